The number of halogens is 1. The van der Waals surface area contributed by atoms with E-state index in [0.717, 1.165) is 11.4 Å². The number of amides is 2. The van der Waals surface area contributed by atoms with Crippen LogP contribution < -0.4 is 15.0 Å². The molecule has 2 aromatic rings. The standard InChI is InChI=1S/C18H17ClN2O3/c1-24-16-8-4-14(5-9-16)20-18(23)12-10-17(22)21(11-12)15-6-2-13(19)3-7-15/h2-9,12H,10-11H2,1H3,(H,20,23)/t12-/m0/s1. The second-order valence-corrected chi connectivity index (χ2v) is 6.04. The van der Waals surface area contributed by atoms with Gasteiger partial charge in [0.05, 0.1) is 13.0 Å². The van der Waals surface area contributed by atoms with Crippen LogP contribution in [0.3, 0.4) is 0 Å². The summed E-state index contributed by atoms with van der Waals surface area (Å²) in [6.45, 7) is 0.364. The minimum absolute atomic E-state index is 0.0628. The van der Waals surface area contributed by atoms with Crippen LogP contribution in [0.2, 0.25) is 5.02 Å². The molecule has 0 bridgehead atoms. The van der Waals surface area contributed by atoms with Gasteiger partial charge in [-0.05, 0) is 48.5 Å². The Bertz CT molecular complexity index is 744. The van der Waals surface area contributed by atoms with Crippen molar-refractivity contribution < 1.29 is 14.3 Å². The first-order chi connectivity index (χ1) is 11.6. The van der Waals surface area contributed by atoms with Crippen molar-refractivity contribution in [2.75, 3.05) is 23.9 Å². The molecule has 2 amide bonds. The molecule has 1 aliphatic heterocycles. The zero-order chi connectivity index (χ0) is 17.1. The van der Waals surface area contributed by atoms with Crippen molar-refractivity contribution in [3.05, 3.63) is 53.6 Å². The third-order valence-corrected chi connectivity index (χ3v) is 4.24. The van der Waals surface area contributed by atoms with E-state index in [4.69, 9.17) is 16.3 Å². The average Bonchev–Trinajstić information content (AvgIpc) is 2.98. The molecule has 0 radical (unpaired) electrons. The first-order valence-corrected chi connectivity index (χ1v) is 7.95. The number of benzene rings is 2. The Hall–Kier alpha value is -2.53. The van der Waals surface area contributed by atoms with Gasteiger partial charge in [0.25, 0.3) is 0 Å². The van der Waals surface area contributed by atoms with Crippen molar-refractivity contribution in [1.82, 2.24) is 0 Å². The maximum Gasteiger partial charge on any atom is 0.229 e. The highest BCUT2D eigenvalue weighted by molar-refractivity contribution is 6.30. The molecule has 0 spiro atoms. The molecule has 24 heavy (non-hydrogen) atoms. The molecule has 3 rings (SSSR count). The van der Waals surface area contributed by atoms with Gasteiger partial charge in [-0.25, -0.2) is 0 Å². The lowest BCUT2D eigenvalue weighted by Crippen LogP contribution is -2.28. The van der Waals surface area contributed by atoms with Gasteiger partial charge in [0.2, 0.25) is 11.8 Å². The van der Waals surface area contributed by atoms with Gasteiger partial charge in [-0.15, -0.1) is 0 Å². The van der Waals surface area contributed by atoms with Crippen molar-refractivity contribution in [3.63, 3.8) is 0 Å². The third kappa shape index (κ3) is 3.51. The highest BCUT2D eigenvalue weighted by Gasteiger charge is 2.35. The van der Waals surface area contributed by atoms with Crippen LogP contribution >= 0.6 is 11.6 Å². The fraction of sp³-hybridized carbons (Fsp3) is 0.222. The van der Waals surface area contributed by atoms with E-state index in [1.165, 1.54) is 0 Å². The van der Waals surface area contributed by atoms with Gasteiger partial charge < -0.3 is 15.0 Å². The minimum Gasteiger partial charge on any atom is -0.497 e. The first-order valence-electron chi connectivity index (χ1n) is 7.57. The summed E-state index contributed by atoms with van der Waals surface area (Å²) < 4.78 is 5.09. The fourth-order valence-electron chi connectivity index (χ4n) is 2.67. The topological polar surface area (TPSA) is 58.6 Å². The smallest absolute Gasteiger partial charge is 0.229 e. The number of anilines is 2. The first kappa shape index (κ1) is 16.3. The Labute approximate surface area is 145 Å². The molecule has 5 nitrogen and oxygen atoms in total. The SMILES string of the molecule is COc1ccc(NC(=O)[C@H]2CC(=O)N(c3ccc(Cl)cc3)C2)cc1. The number of ether oxygens (including phenoxy) is 1. The lowest BCUT2D eigenvalue weighted by molar-refractivity contribution is -0.122. The van der Waals surface area contributed by atoms with Crippen LogP contribution in [-0.4, -0.2) is 25.5 Å². The van der Waals surface area contributed by atoms with Crippen LogP contribution in [0, 0.1) is 5.92 Å². The van der Waals surface area contributed by atoms with Gasteiger partial charge in [0.1, 0.15) is 5.75 Å². The van der Waals surface area contributed by atoms with Gasteiger partial charge in [0, 0.05) is 29.4 Å². The lowest BCUT2D eigenvalue weighted by Gasteiger charge is -2.16. The molecule has 0 aliphatic carbocycles. The molecule has 1 saturated heterocycles. The zero-order valence-corrected chi connectivity index (χ0v) is 13.9. The highest BCUT2D eigenvalue weighted by Crippen LogP contribution is 2.27. The largest absolute Gasteiger partial charge is 0.497 e. The van der Waals surface area contributed by atoms with Gasteiger partial charge in [-0.1, -0.05) is 11.6 Å². The van der Waals surface area contributed by atoms with E-state index < -0.39 is 0 Å². The van der Waals surface area contributed by atoms with E-state index in [1.54, 1.807) is 60.5 Å². The number of nitrogens with zero attached hydrogens (tertiary/aromatic N) is 1. The van der Waals surface area contributed by atoms with Crippen LogP contribution in [0.4, 0.5) is 11.4 Å². The predicted molar refractivity (Wildman–Crippen MR) is 93.5 cm³/mol. The van der Waals surface area contributed by atoms with E-state index in [0.29, 0.717) is 17.3 Å². The maximum atomic E-state index is 12.4. The van der Waals surface area contributed by atoms with Crippen LogP contribution in [0.15, 0.2) is 48.5 Å². The summed E-state index contributed by atoms with van der Waals surface area (Å²) in [6, 6.07) is 14.1. The van der Waals surface area contributed by atoms with Gasteiger partial charge in [-0.3, -0.25) is 9.59 Å². The molecular weight excluding hydrogens is 328 g/mol. The Balaban J connectivity index is 1.66. The normalized spacial score (nSPS) is 17.0. The number of hydrogen-bond acceptors (Lipinski definition) is 3. The van der Waals surface area contributed by atoms with Gasteiger partial charge in [0.15, 0.2) is 0 Å². The number of carbonyl (C=O) groups excluding carboxylic acids is 2. The second kappa shape index (κ2) is 6.93. The second-order valence-electron chi connectivity index (χ2n) is 5.60. The van der Waals surface area contributed by atoms with E-state index in [2.05, 4.69) is 5.32 Å². The van der Waals surface area contributed by atoms with Crippen molar-refractivity contribution in [2.24, 2.45) is 5.92 Å². The van der Waals surface area contributed by atoms with Crippen LogP contribution in [-0.2, 0) is 9.59 Å². The molecule has 124 valence electrons. The molecule has 2 aromatic carbocycles. The maximum absolute atomic E-state index is 12.4. The predicted octanol–water partition coefficient (Wildman–Crippen LogP) is 3.34. The molecule has 1 aliphatic rings. The monoisotopic (exact) mass is 344 g/mol. The quantitative estimate of drug-likeness (QED) is 0.925. The summed E-state index contributed by atoms with van der Waals surface area (Å²) in [7, 11) is 1.59. The minimum atomic E-state index is -0.379. The molecule has 1 heterocycles. The average molecular weight is 345 g/mol. The number of nitrogens with one attached hydrogen (secondary N) is 1. The summed E-state index contributed by atoms with van der Waals surface area (Å²) in [4.78, 5) is 26.2. The van der Waals surface area contributed by atoms with E-state index in [-0.39, 0.29) is 24.2 Å². The highest BCUT2D eigenvalue weighted by atomic mass is 35.5. The van der Waals surface area contributed by atoms with Crippen LogP contribution in [0.25, 0.3) is 0 Å². The van der Waals surface area contributed by atoms with E-state index in [9.17, 15) is 9.59 Å². The lowest BCUT2D eigenvalue weighted by atomic mass is 10.1. The van der Waals surface area contributed by atoms with Crippen LogP contribution in [0.5, 0.6) is 5.75 Å². The Morgan fingerprint density at radius 1 is 1.17 bits per heavy atom. The molecule has 0 aromatic heterocycles. The molecule has 6 heteroatoms. The summed E-state index contributed by atoms with van der Waals surface area (Å²) in [5, 5.41) is 3.45. The van der Waals surface area contributed by atoms with Crippen molar-refractivity contribution in [1.29, 1.82) is 0 Å². The number of methoxy groups -OCH3 is 1. The van der Waals surface area contributed by atoms with Crippen molar-refractivity contribution in [2.45, 2.75) is 6.42 Å². The Morgan fingerprint density at radius 2 is 1.83 bits per heavy atom. The molecule has 1 atom stereocenters. The fourth-order valence-corrected chi connectivity index (χ4v) is 2.80. The summed E-state index contributed by atoms with van der Waals surface area (Å²) in [6.07, 6.45) is 0.199. The van der Waals surface area contributed by atoms with Crippen molar-refractivity contribution in [3.8, 4) is 5.75 Å². The van der Waals surface area contributed by atoms with Gasteiger partial charge in [-0.2, -0.15) is 0 Å². The molecule has 1 N–H and O–H groups in total. The third-order valence-electron chi connectivity index (χ3n) is 3.99. The summed E-state index contributed by atoms with van der Waals surface area (Å²) in [5.41, 5.74) is 1.43. The zero-order valence-electron chi connectivity index (χ0n) is 13.2. The number of rotatable bonds is 4. The molecular formula is C18H17ClN2O3. The summed E-state index contributed by atoms with van der Waals surface area (Å²) >= 11 is 5.87. The molecule has 0 saturated carbocycles. The molecule has 0 unspecified atom stereocenters. The number of carbonyl (C=O) groups is 2. The van der Waals surface area contributed by atoms with Gasteiger partial charge >= 0.3 is 0 Å². The Morgan fingerprint density at radius 3 is 2.46 bits per heavy atom. The number of hydrogen-bond donors (Lipinski definition) is 1. The van der Waals surface area contributed by atoms with Crippen LogP contribution in [0.1, 0.15) is 6.42 Å². The van der Waals surface area contributed by atoms with E-state index >= 15 is 0 Å². The summed E-state index contributed by atoms with van der Waals surface area (Å²) in [5.74, 6) is 0.116. The Kier molecular flexibility index (Phi) is 4.71. The molecule has 1 fully saturated rings. The van der Waals surface area contributed by atoms with E-state index in [1.807, 2.05) is 0 Å². The van der Waals surface area contributed by atoms with Crippen molar-refractivity contribution >= 4 is 34.8 Å².